The summed E-state index contributed by atoms with van der Waals surface area (Å²) in [5.41, 5.74) is 10.5. The minimum atomic E-state index is -3.85. The average Bonchev–Trinajstić information content (AvgIpc) is 3.42. The minimum Gasteiger partial charge on any atom is -0.478 e. The summed E-state index contributed by atoms with van der Waals surface area (Å²) < 4.78 is 31.6. The molecule has 244 valence electrons. The number of sulfonamides is 1. The molecule has 0 amide bonds. The number of aromatic carboxylic acids is 1. The maximum atomic E-state index is 14.0. The van der Waals surface area contributed by atoms with Crippen LogP contribution in [0.5, 0.6) is 0 Å². The number of fused-ring (bicyclic) bond motifs is 1. The van der Waals surface area contributed by atoms with Crippen molar-refractivity contribution in [2.24, 2.45) is 5.73 Å². The number of hydrogen-bond acceptors (Lipinski definition) is 6. The van der Waals surface area contributed by atoms with Gasteiger partial charge in [0.25, 0.3) is 10.0 Å². The smallest absolute Gasteiger partial charge is 0.335 e. The van der Waals surface area contributed by atoms with Crippen molar-refractivity contribution < 1.29 is 18.3 Å². The van der Waals surface area contributed by atoms with Crippen LogP contribution >= 0.6 is 0 Å². The number of aromatic nitrogens is 2. The van der Waals surface area contributed by atoms with E-state index in [-0.39, 0.29) is 22.8 Å². The normalized spacial score (nSPS) is 11.6. The van der Waals surface area contributed by atoms with Crippen LogP contribution in [0.15, 0.2) is 102 Å². The highest BCUT2D eigenvalue weighted by atomic mass is 32.2. The second-order valence-corrected chi connectivity index (χ2v) is 13.2. The Morgan fingerprint density at radius 3 is 2.11 bits per heavy atom. The van der Waals surface area contributed by atoms with Crippen molar-refractivity contribution in [2.75, 3.05) is 30.5 Å². The Labute approximate surface area is 275 Å². The lowest BCUT2D eigenvalue weighted by Gasteiger charge is -2.27. The molecule has 4 aromatic carbocycles. The maximum Gasteiger partial charge on any atom is 0.335 e. The lowest BCUT2D eigenvalue weighted by atomic mass is 10.1. The van der Waals surface area contributed by atoms with Crippen LogP contribution in [0.1, 0.15) is 46.7 Å². The molecule has 0 radical (unpaired) electrons. The van der Waals surface area contributed by atoms with Crippen LogP contribution < -0.4 is 10.0 Å². The fourth-order valence-corrected chi connectivity index (χ4v) is 7.08. The summed E-state index contributed by atoms with van der Waals surface area (Å²) in [6.45, 7) is 7.07. The molecular formula is C36H40N6O4S. The number of carboxylic acids is 1. The summed E-state index contributed by atoms with van der Waals surface area (Å²) in [4.78, 5) is 18.9. The van der Waals surface area contributed by atoms with Gasteiger partial charge >= 0.3 is 5.97 Å². The lowest BCUT2D eigenvalue weighted by Crippen LogP contribution is -2.38. The molecule has 0 saturated heterocycles. The fraction of sp³-hybridized carbons (Fsp3) is 0.250. The highest BCUT2D eigenvalue weighted by Gasteiger charge is 2.26. The van der Waals surface area contributed by atoms with Gasteiger partial charge in [-0.2, -0.15) is 0 Å². The molecule has 0 spiro atoms. The van der Waals surface area contributed by atoms with Crippen molar-refractivity contribution in [1.82, 2.24) is 14.5 Å². The quantitative estimate of drug-likeness (QED) is 0.102. The van der Waals surface area contributed by atoms with Gasteiger partial charge in [-0.15, -0.1) is 0 Å². The van der Waals surface area contributed by atoms with Crippen LogP contribution in [0.4, 0.5) is 5.69 Å². The van der Waals surface area contributed by atoms with Crippen molar-refractivity contribution in [2.45, 2.75) is 38.1 Å². The third-order valence-corrected chi connectivity index (χ3v) is 10.2. The van der Waals surface area contributed by atoms with Crippen molar-refractivity contribution >= 4 is 38.5 Å². The van der Waals surface area contributed by atoms with E-state index >= 15 is 0 Å². The summed E-state index contributed by atoms with van der Waals surface area (Å²) >= 11 is 0. The van der Waals surface area contributed by atoms with Gasteiger partial charge in [0.2, 0.25) is 0 Å². The van der Waals surface area contributed by atoms with Gasteiger partial charge in [0, 0.05) is 31.6 Å². The summed E-state index contributed by atoms with van der Waals surface area (Å²) in [5.74, 6) is -0.149. The summed E-state index contributed by atoms with van der Waals surface area (Å²) in [6, 6.07) is 28.4. The van der Waals surface area contributed by atoms with Crippen LogP contribution in [0.2, 0.25) is 0 Å². The number of likely N-dealkylation sites (N-methyl/N-ethyl adjacent to an activating group) is 1. The average molecular weight is 653 g/mol. The standard InChI is InChI=1S/C36H40N6O4S/c1-3-40(4-2)22-23-42(47(45,46)31-8-6-5-7-9-31)30-19-20-33-32(24-30)39-34(21-14-26-10-15-28(16-11-26)35(37)38)41(33)25-27-12-17-29(18-13-27)36(43)44/h5-13,15-20,24H,3-4,14,21-23,25H2,1-2H3,(H3,37,38)(H,43,44). The number of amidine groups is 1. The van der Waals surface area contributed by atoms with E-state index in [2.05, 4.69) is 23.3 Å². The molecule has 47 heavy (non-hydrogen) atoms. The third kappa shape index (κ3) is 7.70. The van der Waals surface area contributed by atoms with Crippen LogP contribution in [0.25, 0.3) is 11.0 Å². The molecular weight excluding hydrogens is 613 g/mol. The van der Waals surface area contributed by atoms with Gasteiger partial charge in [-0.25, -0.2) is 18.2 Å². The Morgan fingerprint density at radius 2 is 1.49 bits per heavy atom. The molecule has 0 aliphatic carbocycles. The van der Waals surface area contributed by atoms with Crippen LogP contribution in [-0.2, 0) is 29.4 Å². The van der Waals surface area contributed by atoms with E-state index in [0.29, 0.717) is 42.7 Å². The first kappa shape index (κ1) is 33.4. The number of imidazole rings is 1. The van der Waals surface area contributed by atoms with E-state index in [0.717, 1.165) is 35.6 Å². The number of anilines is 1. The van der Waals surface area contributed by atoms with Crippen molar-refractivity contribution in [3.8, 4) is 0 Å². The predicted molar refractivity (Wildman–Crippen MR) is 186 cm³/mol. The number of nitrogen functional groups attached to an aromatic ring is 1. The van der Waals surface area contributed by atoms with Crippen molar-refractivity contribution in [3.05, 3.63) is 125 Å². The fourth-order valence-electron chi connectivity index (χ4n) is 5.61. The molecule has 0 aliphatic heterocycles. The minimum absolute atomic E-state index is 0.0171. The Morgan fingerprint density at radius 1 is 0.851 bits per heavy atom. The molecule has 0 atom stereocenters. The van der Waals surface area contributed by atoms with E-state index in [1.54, 1.807) is 54.6 Å². The number of nitrogens with two attached hydrogens (primary N) is 1. The first-order valence-corrected chi connectivity index (χ1v) is 17.1. The van der Waals surface area contributed by atoms with Crippen LogP contribution in [0, 0.1) is 5.41 Å². The molecule has 4 N–H and O–H groups in total. The number of benzene rings is 4. The van der Waals surface area contributed by atoms with E-state index < -0.39 is 16.0 Å². The number of hydrogen-bond donors (Lipinski definition) is 3. The number of carboxylic acid groups (broad SMARTS) is 1. The molecule has 1 aromatic heterocycles. The molecule has 0 aliphatic rings. The first-order chi connectivity index (χ1) is 22.6. The monoisotopic (exact) mass is 652 g/mol. The number of nitrogens with zero attached hydrogens (tertiary/aromatic N) is 4. The van der Waals surface area contributed by atoms with Gasteiger partial charge in [-0.1, -0.05) is 68.4 Å². The Hall–Kier alpha value is -5.00. The molecule has 0 unspecified atom stereocenters. The van der Waals surface area contributed by atoms with E-state index in [1.165, 1.54) is 4.31 Å². The summed E-state index contributed by atoms with van der Waals surface area (Å²) in [7, 11) is -3.85. The lowest BCUT2D eigenvalue weighted by molar-refractivity contribution is 0.0697. The third-order valence-electron chi connectivity index (χ3n) is 8.39. The Balaban J connectivity index is 1.54. The number of nitrogens with one attached hydrogen (secondary N) is 1. The van der Waals surface area contributed by atoms with Gasteiger partial charge in [0.15, 0.2) is 0 Å². The van der Waals surface area contributed by atoms with E-state index in [9.17, 15) is 18.3 Å². The van der Waals surface area contributed by atoms with E-state index in [1.807, 2.05) is 42.5 Å². The SMILES string of the molecule is CCN(CC)CCN(c1ccc2c(c1)nc(CCc1ccc(C(=N)N)cc1)n2Cc1ccc(C(=O)O)cc1)S(=O)(=O)c1ccccc1. The number of rotatable bonds is 15. The molecule has 0 fully saturated rings. The second kappa shape index (κ2) is 14.6. The van der Waals surface area contributed by atoms with Crippen molar-refractivity contribution in [3.63, 3.8) is 0 Å². The van der Waals surface area contributed by atoms with Crippen LogP contribution in [-0.4, -0.2) is 66.0 Å². The van der Waals surface area contributed by atoms with Gasteiger partial charge in [-0.05, 0) is 73.1 Å². The topological polar surface area (TPSA) is 146 Å². The molecule has 5 rings (SSSR count). The molecule has 0 saturated carbocycles. The highest BCUT2D eigenvalue weighted by molar-refractivity contribution is 7.92. The van der Waals surface area contributed by atoms with Gasteiger partial charge in [0.1, 0.15) is 11.7 Å². The zero-order valence-corrected chi connectivity index (χ0v) is 27.5. The summed E-state index contributed by atoms with van der Waals surface area (Å²) in [5, 5.41) is 17.0. The molecule has 10 nitrogen and oxygen atoms in total. The largest absolute Gasteiger partial charge is 0.478 e. The Kier molecular flexibility index (Phi) is 10.4. The van der Waals surface area contributed by atoms with Gasteiger partial charge in [-0.3, -0.25) is 9.71 Å². The second-order valence-electron chi connectivity index (χ2n) is 11.3. The molecule has 11 heteroatoms. The van der Waals surface area contributed by atoms with Crippen LogP contribution in [0.3, 0.4) is 0 Å². The zero-order chi connectivity index (χ0) is 33.6. The van der Waals surface area contributed by atoms with Gasteiger partial charge < -0.3 is 20.3 Å². The number of aryl methyl sites for hydroxylation is 2. The zero-order valence-electron chi connectivity index (χ0n) is 26.6. The van der Waals surface area contributed by atoms with Gasteiger partial charge in [0.05, 0.1) is 27.2 Å². The van der Waals surface area contributed by atoms with Crippen molar-refractivity contribution in [1.29, 1.82) is 5.41 Å². The predicted octanol–water partition coefficient (Wildman–Crippen LogP) is 5.39. The van der Waals surface area contributed by atoms with E-state index in [4.69, 9.17) is 16.1 Å². The highest BCUT2D eigenvalue weighted by Crippen LogP contribution is 2.29. The first-order valence-electron chi connectivity index (χ1n) is 15.7. The molecule has 5 aromatic rings. The Bertz CT molecular complexity index is 1950. The molecule has 0 bridgehead atoms. The maximum absolute atomic E-state index is 14.0. The molecule has 1 heterocycles. The number of carbonyl (C=O) groups is 1. The summed E-state index contributed by atoms with van der Waals surface area (Å²) in [6.07, 6.45) is 1.29.